The minimum absolute atomic E-state index is 0.262. The van der Waals surface area contributed by atoms with E-state index >= 15 is 0 Å². The Morgan fingerprint density at radius 1 is 1.42 bits per heavy atom. The molecule has 0 bridgehead atoms. The van der Waals surface area contributed by atoms with Crippen LogP contribution in [0.5, 0.6) is 0 Å². The van der Waals surface area contributed by atoms with Crippen molar-refractivity contribution < 1.29 is 9.18 Å². The second kappa shape index (κ2) is 5.88. The van der Waals surface area contributed by atoms with E-state index in [4.69, 9.17) is 0 Å². The van der Waals surface area contributed by atoms with E-state index in [9.17, 15) is 9.18 Å². The third kappa shape index (κ3) is 3.57. The van der Waals surface area contributed by atoms with Gasteiger partial charge in [-0.2, -0.15) is 0 Å². The lowest BCUT2D eigenvalue weighted by Crippen LogP contribution is -2.23. The number of aromatic nitrogens is 2. The van der Waals surface area contributed by atoms with Gasteiger partial charge in [-0.1, -0.05) is 0 Å². The molecule has 0 spiro atoms. The third-order valence-corrected chi connectivity index (χ3v) is 3.05. The SMILES string of the molecule is Cc1nccc(CNC(=O)c2ccc(F)c(Br)c2)n1. The van der Waals surface area contributed by atoms with Crippen LogP contribution in [0, 0.1) is 12.7 Å². The molecule has 1 N–H and O–H groups in total. The molecule has 4 nitrogen and oxygen atoms in total. The summed E-state index contributed by atoms with van der Waals surface area (Å²) in [5, 5.41) is 2.72. The van der Waals surface area contributed by atoms with Gasteiger partial charge in [-0.05, 0) is 47.1 Å². The number of nitrogens with one attached hydrogen (secondary N) is 1. The zero-order chi connectivity index (χ0) is 13.8. The first-order valence-electron chi connectivity index (χ1n) is 5.58. The first-order valence-corrected chi connectivity index (χ1v) is 6.37. The van der Waals surface area contributed by atoms with Crippen LogP contribution in [0.25, 0.3) is 0 Å². The molecule has 0 saturated carbocycles. The summed E-state index contributed by atoms with van der Waals surface area (Å²) < 4.78 is 13.3. The maximum Gasteiger partial charge on any atom is 0.251 e. The summed E-state index contributed by atoms with van der Waals surface area (Å²) in [6.45, 7) is 2.08. The zero-order valence-electron chi connectivity index (χ0n) is 10.2. The molecule has 1 amide bonds. The van der Waals surface area contributed by atoms with Gasteiger partial charge in [0.1, 0.15) is 11.6 Å². The van der Waals surface area contributed by atoms with Crippen molar-refractivity contribution in [3.05, 3.63) is 57.8 Å². The minimum Gasteiger partial charge on any atom is -0.346 e. The monoisotopic (exact) mass is 323 g/mol. The van der Waals surface area contributed by atoms with Crippen molar-refractivity contribution in [3.8, 4) is 0 Å². The predicted molar refractivity (Wildman–Crippen MR) is 72.0 cm³/mol. The van der Waals surface area contributed by atoms with Crippen LogP contribution in [-0.2, 0) is 6.54 Å². The number of amides is 1. The summed E-state index contributed by atoms with van der Waals surface area (Å²) in [7, 11) is 0. The van der Waals surface area contributed by atoms with E-state index in [1.54, 1.807) is 19.2 Å². The topological polar surface area (TPSA) is 54.9 Å². The standard InChI is InChI=1S/C13H11BrFN3O/c1-8-16-5-4-10(18-8)7-17-13(19)9-2-3-12(15)11(14)6-9/h2-6H,7H2,1H3,(H,17,19). The first-order chi connectivity index (χ1) is 9.06. The molecule has 2 aromatic rings. The average molecular weight is 324 g/mol. The smallest absolute Gasteiger partial charge is 0.251 e. The zero-order valence-corrected chi connectivity index (χ0v) is 11.7. The van der Waals surface area contributed by atoms with Gasteiger partial charge in [0.15, 0.2) is 0 Å². The summed E-state index contributed by atoms with van der Waals surface area (Å²) in [5.74, 6) is -0.0313. The molecule has 0 unspecified atom stereocenters. The second-order valence-corrected chi connectivity index (χ2v) is 4.76. The number of aryl methyl sites for hydroxylation is 1. The maximum absolute atomic E-state index is 13.1. The Hall–Kier alpha value is -1.82. The van der Waals surface area contributed by atoms with Crippen LogP contribution in [0.3, 0.4) is 0 Å². The number of nitrogens with zero attached hydrogens (tertiary/aromatic N) is 2. The molecule has 0 fully saturated rings. The number of hydrogen-bond acceptors (Lipinski definition) is 3. The molecule has 2 rings (SSSR count). The molecule has 98 valence electrons. The van der Waals surface area contributed by atoms with Gasteiger partial charge in [-0.3, -0.25) is 4.79 Å². The van der Waals surface area contributed by atoms with Crippen molar-refractivity contribution >= 4 is 21.8 Å². The van der Waals surface area contributed by atoms with Crippen LogP contribution in [0.2, 0.25) is 0 Å². The normalized spacial score (nSPS) is 10.3. The van der Waals surface area contributed by atoms with E-state index in [1.165, 1.54) is 18.2 Å². The van der Waals surface area contributed by atoms with Crippen molar-refractivity contribution in [2.75, 3.05) is 0 Å². The van der Waals surface area contributed by atoms with Crippen LogP contribution in [0.1, 0.15) is 21.9 Å². The van der Waals surface area contributed by atoms with Gasteiger partial charge in [0.25, 0.3) is 5.91 Å². The highest BCUT2D eigenvalue weighted by molar-refractivity contribution is 9.10. The molecule has 0 atom stereocenters. The summed E-state index contributed by atoms with van der Waals surface area (Å²) in [6.07, 6.45) is 1.64. The molecule has 1 aromatic carbocycles. The number of rotatable bonds is 3. The summed E-state index contributed by atoms with van der Waals surface area (Å²) in [6, 6.07) is 5.85. The molecule has 1 heterocycles. The van der Waals surface area contributed by atoms with Crippen LogP contribution in [0.4, 0.5) is 4.39 Å². The van der Waals surface area contributed by atoms with Gasteiger partial charge >= 0.3 is 0 Å². The van der Waals surface area contributed by atoms with Gasteiger partial charge in [0, 0.05) is 11.8 Å². The number of carbonyl (C=O) groups excluding carboxylic acids is 1. The van der Waals surface area contributed by atoms with E-state index in [0.29, 0.717) is 17.9 Å². The summed E-state index contributed by atoms with van der Waals surface area (Å²) in [5.41, 5.74) is 1.11. The average Bonchev–Trinajstić information content (AvgIpc) is 2.39. The van der Waals surface area contributed by atoms with E-state index in [0.717, 1.165) is 5.69 Å². The van der Waals surface area contributed by atoms with Gasteiger partial charge in [0.2, 0.25) is 0 Å². The molecule has 0 saturated heterocycles. The van der Waals surface area contributed by atoms with Crippen LogP contribution < -0.4 is 5.32 Å². The largest absolute Gasteiger partial charge is 0.346 e. The van der Waals surface area contributed by atoms with Crippen molar-refractivity contribution in [1.29, 1.82) is 0 Å². The lowest BCUT2D eigenvalue weighted by Gasteiger charge is -2.06. The van der Waals surface area contributed by atoms with Gasteiger partial charge in [-0.25, -0.2) is 14.4 Å². The van der Waals surface area contributed by atoms with Crippen molar-refractivity contribution in [3.63, 3.8) is 0 Å². The molecule has 0 aliphatic heterocycles. The van der Waals surface area contributed by atoms with Gasteiger partial charge < -0.3 is 5.32 Å². The Balaban J connectivity index is 2.03. The molecule has 1 aromatic heterocycles. The molecule has 0 aliphatic carbocycles. The van der Waals surface area contributed by atoms with Crippen molar-refractivity contribution in [2.45, 2.75) is 13.5 Å². The fraction of sp³-hybridized carbons (Fsp3) is 0.154. The minimum atomic E-state index is -0.400. The second-order valence-electron chi connectivity index (χ2n) is 3.91. The lowest BCUT2D eigenvalue weighted by atomic mass is 10.2. The Bertz CT molecular complexity index is 619. The van der Waals surface area contributed by atoms with E-state index in [2.05, 4.69) is 31.2 Å². The highest BCUT2D eigenvalue weighted by Gasteiger charge is 2.08. The van der Waals surface area contributed by atoms with Crippen molar-refractivity contribution in [2.24, 2.45) is 0 Å². The number of halogens is 2. The Morgan fingerprint density at radius 3 is 2.89 bits per heavy atom. The fourth-order valence-electron chi connectivity index (χ4n) is 1.51. The predicted octanol–water partition coefficient (Wildman–Crippen LogP) is 2.62. The quantitative estimate of drug-likeness (QED) is 0.944. The molecular weight excluding hydrogens is 313 g/mol. The maximum atomic E-state index is 13.1. The fourth-order valence-corrected chi connectivity index (χ4v) is 1.89. The van der Waals surface area contributed by atoms with E-state index < -0.39 is 5.82 Å². The van der Waals surface area contributed by atoms with Crippen LogP contribution in [-0.4, -0.2) is 15.9 Å². The molecular formula is C13H11BrFN3O. The van der Waals surface area contributed by atoms with Crippen LogP contribution >= 0.6 is 15.9 Å². The Labute approximate surface area is 118 Å². The van der Waals surface area contributed by atoms with E-state index in [-0.39, 0.29) is 10.4 Å². The number of carbonyl (C=O) groups is 1. The molecule has 19 heavy (non-hydrogen) atoms. The molecule has 0 radical (unpaired) electrons. The summed E-state index contributed by atoms with van der Waals surface area (Å²) >= 11 is 3.04. The number of hydrogen-bond donors (Lipinski definition) is 1. The first kappa shape index (κ1) is 13.6. The molecule has 6 heteroatoms. The summed E-state index contributed by atoms with van der Waals surface area (Å²) in [4.78, 5) is 20.0. The third-order valence-electron chi connectivity index (χ3n) is 2.45. The van der Waals surface area contributed by atoms with Crippen LogP contribution in [0.15, 0.2) is 34.9 Å². The van der Waals surface area contributed by atoms with Gasteiger partial charge in [0.05, 0.1) is 16.7 Å². The van der Waals surface area contributed by atoms with E-state index in [1.807, 2.05) is 0 Å². The van der Waals surface area contributed by atoms with Crippen molar-refractivity contribution in [1.82, 2.24) is 15.3 Å². The number of benzene rings is 1. The Morgan fingerprint density at radius 2 is 2.21 bits per heavy atom. The highest BCUT2D eigenvalue weighted by atomic mass is 79.9. The molecule has 0 aliphatic rings. The van der Waals surface area contributed by atoms with Gasteiger partial charge in [-0.15, -0.1) is 0 Å². The highest BCUT2D eigenvalue weighted by Crippen LogP contribution is 2.16. The Kier molecular flexibility index (Phi) is 4.21. The lowest BCUT2D eigenvalue weighted by molar-refractivity contribution is 0.0950.